The van der Waals surface area contributed by atoms with Crippen molar-refractivity contribution in [2.45, 2.75) is 44.3 Å². The molecule has 6 heteroatoms. The Morgan fingerprint density at radius 1 is 1.38 bits per heavy atom. The fourth-order valence-electron chi connectivity index (χ4n) is 2.77. The van der Waals surface area contributed by atoms with Gasteiger partial charge in [0, 0.05) is 25.2 Å². The molecule has 0 aromatic heterocycles. The summed E-state index contributed by atoms with van der Waals surface area (Å²) < 4.78 is 11.0. The number of ether oxygens (including phenoxy) is 2. The van der Waals surface area contributed by atoms with Gasteiger partial charge in [0.15, 0.2) is 0 Å². The van der Waals surface area contributed by atoms with Crippen LogP contribution in [-0.2, 0) is 9.53 Å². The van der Waals surface area contributed by atoms with Crippen molar-refractivity contribution in [2.24, 2.45) is 0 Å². The predicted molar refractivity (Wildman–Crippen MR) is 93.4 cm³/mol. The average molecular weight is 356 g/mol. The number of hydrogen-bond donors (Lipinski definition) is 1. The highest BCUT2D eigenvalue weighted by molar-refractivity contribution is 6.30. The van der Waals surface area contributed by atoms with Crippen molar-refractivity contribution in [1.82, 2.24) is 4.90 Å². The Bertz CT molecular complexity index is 578. The molecule has 1 aromatic carbocycles. The van der Waals surface area contributed by atoms with Crippen molar-refractivity contribution in [3.63, 3.8) is 0 Å². The first-order valence-corrected chi connectivity index (χ1v) is 8.59. The molecule has 0 bridgehead atoms. The van der Waals surface area contributed by atoms with E-state index in [0.717, 1.165) is 6.42 Å². The Kier molecular flexibility index (Phi) is 6.12. The molecule has 2 rings (SSSR count). The summed E-state index contributed by atoms with van der Waals surface area (Å²) in [6, 6.07) is 7.11. The van der Waals surface area contributed by atoms with Gasteiger partial charge in [-0.3, -0.25) is 4.79 Å². The molecule has 1 heterocycles. The van der Waals surface area contributed by atoms with Crippen LogP contribution in [0.2, 0.25) is 5.02 Å². The normalized spacial score (nSPS) is 22.1. The van der Waals surface area contributed by atoms with E-state index in [4.69, 9.17) is 21.1 Å². The van der Waals surface area contributed by atoms with Crippen LogP contribution >= 0.6 is 11.6 Å². The standard InChI is InChI=1S/C18H26ClNO4/c1-17(2,23-3)16(21)20-10-5-8-18(22,9-11-20)13-24-15-7-4-6-14(19)12-15/h4,6-7,12,22H,5,8-11,13H2,1-3H3. The zero-order chi connectivity index (χ0) is 17.8. The van der Waals surface area contributed by atoms with Crippen molar-refractivity contribution < 1.29 is 19.4 Å². The minimum Gasteiger partial charge on any atom is -0.491 e. The first-order chi connectivity index (χ1) is 11.3. The number of hydrogen-bond acceptors (Lipinski definition) is 4. The SMILES string of the molecule is COC(C)(C)C(=O)N1CCCC(O)(COc2cccc(Cl)c2)CC1. The molecule has 134 valence electrons. The number of carbonyl (C=O) groups excluding carboxylic acids is 1. The minimum atomic E-state index is -0.950. The third kappa shape index (κ3) is 4.85. The van der Waals surface area contributed by atoms with E-state index in [-0.39, 0.29) is 12.5 Å². The van der Waals surface area contributed by atoms with Gasteiger partial charge in [0.05, 0.1) is 0 Å². The summed E-state index contributed by atoms with van der Waals surface area (Å²) in [5, 5.41) is 11.4. The third-order valence-corrected chi connectivity index (χ3v) is 4.77. The second-order valence-electron chi connectivity index (χ2n) is 6.83. The van der Waals surface area contributed by atoms with Gasteiger partial charge in [0.2, 0.25) is 0 Å². The summed E-state index contributed by atoms with van der Waals surface area (Å²) in [6.45, 7) is 4.80. The van der Waals surface area contributed by atoms with Crippen LogP contribution in [0.3, 0.4) is 0 Å². The number of rotatable bonds is 5. The number of aliphatic hydroxyl groups is 1. The van der Waals surface area contributed by atoms with Gasteiger partial charge < -0.3 is 19.5 Å². The maximum Gasteiger partial charge on any atom is 0.254 e. The first kappa shape index (κ1) is 19.0. The molecule has 24 heavy (non-hydrogen) atoms. The van der Waals surface area contributed by atoms with Crippen LogP contribution in [0.5, 0.6) is 5.75 Å². The van der Waals surface area contributed by atoms with Gasteiger partial charge in [-0.1, -0.05) is 17.7 Å². The van der Waals surface area contributed by atoms with E-state index >= 15 is 0 Å². The molecule has 1 aliphatic rings. The van der Waals surface area contributed by atoms with E-state index < -0.39 is 11.2 Å². The van der Waals surface area contributed by atoms with Crippen LogP contribution in [0, 0.1) is 0 Å². The lowest BCUT2D eigenvalue weighted by atomic mass is 9.96. The second kappa shape index (κ2) is 7.72. The van der Waals surface area contributed by atoms with Crippen LogP contribution in [0.1, 0.15) is 33.1 Å². The van der Waals surface area contributed by atoms with E-state index in [1.54, 1.807) is 30.9 Å². The molecule has 1 amide bonds. The molecule has 5 nitrogen and oxygen atoms in total. The molecule has 0 aliphatic carbocycles. The lowest BCUT2D eigenvalue weighted by molar-refractivity contribution is -0.151. The van der Waals surface area contributed by atoms with Crippen molar-refractivity contribution >= 4 is 17.5 Å². The van der Waals surface area contributed by atoms with E-state index in [9.17, 15) is 9.90 Å². The van der Waals surface area contributed by atoms with E-state index in [1.165, 1.54) is 7.11 Å². The monoisotopic (exact) mass is 355 g/mol. The highest BCUT2D eigenvalue weighted by atomic mass is 35.5. The predicted octanol–water partition coefficient (Wildman–Crippen LogP) is 2.89. The minimum absolute atomic E-state index is 0.0509. The third-order valence-electron chi connectivity index (χ3n) is 4.53. The fourth-order valence-corrected chi connectivity index (χ4v) is 2.95. The zero-order valence-electron chi connectivity index (χ0n) is 14.5. The quantitative estimate of drug-likeness (QED) is 0.882. The van der Waals surface area contributed by atoms with Gasteiger partial charge in [-0.15, -0.1) is 0 Å². The molecule has 1 fully saturated rings. The highest BCUT2D eigenvalue weighted by Crippen LogP contribution is 2.26. The Balaban J connectivity index is 1.95. The molecule has 0 spiro atoms. The Labute approximate surface area is 148 Å². The number of amides is 1. The van der Waals surface area contributed by atoms with E-state index in [1.807, 2.05) is 12.1 Å². The van der Waals surface area contributed by atoms with Gasteiger partial charge in [-0.05, 0) is 51.3 Å². The molecule has 0 radical (unpaired) electrons. The molecule has 0 saturated carbocycles. The molecular weight excluding hydrogens is 330 g/mol. The molecule has 1 atom stereocenters. The summed E-state index contributed by atoms with van der Waals surface area (Å²) in [4.78, 5) is 14.3. The second-order valence-corrected chi connectivity index (χ2v) is 7.27. The Morgan fingerprint density at radius 3 is 2.79 bits per heavy atom. The van der Waals surface area contributed by atoms with Crippen molar-refractivity contribution in [1.29, 1.82) is 0 Å². The zero-order valence-corrected chi connectivity index (χ0v) is 15.3. The van der Waals surface area contributed by atoms with Gasteiger partial charge >= 0.3 is 0 Å². The molecule has 1 saturated heterocycles. The summed E-state index contributed by atoms with van der Waals surface area (Å²) in [5.41, 5.74) is -1.80. The molecule has 1 N–H and O–H groups in total. The Hall–Kier alpha value is -1.30. The van der Waals surface area contributed by atoms with Crippen LogP contribution in [0.25, 0.3) is 0 Å². The number of benzene rings is 1. The first-order valence-electron chi connectivity index (χ1n) is 8.21. The average Bonchev–Trinajstić information content (AvgIpc) is 2.75. The highest BCUT2D eigenvalue weighted by Gasteiger charge is 2.37. The van der Waals surface area contributed by atoms with Crippen molar-refractivity contribution in [3.8, 4) is 5.75 Å². The van der Waals surface area contributed by atoms with Crippen LogP contribution < -0.4 is 4.74 Å². The van der Waals surface area contributed by atoms with E-state index in [2.05, 4.69) is 0 Å². The van der Waals surface area contributed by atoms with Crippen LogP contribution in [0.4, 0.5) is 0 Å². The summed E-state index contributed by atoms with van der Waals surface area (Å²) in [5.74, 6) is 0.582. The van der Waals surface area contributed by atoms with Gasteiger partial charge in [-0.25, -0.2) is 0 Å². The Morgan fingerprint density at radius 2 is 2.12 bits per heavy atom. The maximum absolute atomic E-state index is 12.5. The lowest BCUT2D eigenvalue weighted by Crippen LogP contribution is -2.47. The number of likely N-dealkylation sites (tertiary alicyclic amines) is 1. The van der Waals surface area contributed by atoms with Crippen molar-refractivity contribution in [2.75, 3.05) is 26.8 Å². The summed E-state index contributed by atoms with van der Waals surface area (Å²) >= 11 is 5.94. The van der Waals surface area contributed by atoms with Gasteiger partial charge in [0.1, 0.15) is 23.6 Å². The van der Waals surface area contributed by atoms with Crippen molar-refractivity contribution in [3.05, 3.63) is 29.3 Å². The molecule has 1 aromatic rings. The van der Waals surface area contributed by atoms with Gasteiger partial charge in [-0.2, -0.15) is 0 Å². The largest absolute Gasteiger partial charge is 0.491 e. The lowest BCUT2D eigenvalue weighted by Gasteiger charge is -2.31. The molecule has 1 unspecified atom stereocenters. The summed E-state index contributed by atoms with van der Waals surface area (Å²) in [7, 11) is 1.53. The summed E-state index contributed by atoms with van der Waals surface area (Å²) in [6.07, 6.45) is 1.78. The number of carbonyl (C=O) groups is 1. The molecule has 1 aliphatic heterocycles. The van der Waals surface area contributed by atoms with Crippen LogP contribution in [0.15, 0.2) is 24.3 Å². The van der Waals surface area contributed by atoms with Crippen LogP contribution in [-0.4, -0.2) is 53.9 Å². The fraction of sp³-hybridized carbons (Fsp3) is 0.611. The number of nitrogens with zero attached hydrogens (tertiary/aromatic N) is 1. The smallest absolute Gasteiger partial charge is 0.254 e. The number of methoxy groups -OCH3 is 1. The maximum atomic E-state index is 12.5. The van der Waals surface area contributed by atoms with E-state index in [0.29, 0.717) is 36.7 Å². The van der Waals surface area contributed by atoms with Gasteiger partial charge in [0.25, 0.3) is 5.91 Å². The molecular formula is C18H26ClNO4. The number of halogens is 1. The topological polar surface area (TPSA) is 59.0 Å².